The van der Waals surface area contributed by atoms with E-state index in [0.717, 1.165) is 4.47 Å². The van der Waals surface area contributed by atoms with Gasteiger partial charge in [0.05, 0.1) is 22.9 Å². The number of nitrogens with one attached hydrogen (secondary N) is 1. The highest BCUT2D eigenvalue weighted by atomic mass is 79.9. The predicted molar refractivity (Wildman–Crippen MR) is 67.9 cm³/mol. The molecule has 2 aromatic rings. The van der Waals surface area contributed by atoms with Gasteiger partial charge in [0.1, 0.15) is 5.75 Å². The molecule has 0 fully saturated rings. The molecule has 0 aliphatic carbocycles. The second kappa shape index (κ2) is 6.37. The normalized spacial score (nSPS) is 10.5. The van der Waals surface area contributed by atoms with Crippen LogP contribution in [0, 0.1) is 0 Å². The van der Waals surface area contributed by atoms with Gasteiger partial charge in [0.2, 0.25) is 5.95 Å². The lowest BCUT2D eigenvalue weighted by atomic mass is 10.3. The van der Waals surface area contributed by atoms with E-state index < -0.39 is 6.61 Å². The average molecular weight is 331 g/mol. The largest absolute Gasteiger partial charge is 0.433 e. The fraction of sp³-hybridized carbons (Fsp3) is 0.182. The van der Waals surface area contributed by atoms with Crippen LogP contribution in [0.1, 0.15) is 5.69 Å². The number of ether oxygens (including phenoxy) is 1. The minimum absolute atomic E-state index is 0.0265. The molecular weight excluding hydrogens is 322 g/mol. The van der Waals surface area contributed by atoms with Gasteiger partial charge < -0.3 is 10.1 Å². The third kappa shape index (κ3) is 4.40. The maximum atomic E-state index is 11.9. The van der Waals surface area contributed by atoms with Gasteiger partial charge in [0.15, 0.2) is 0 Å². The highest BCUT2D eigenvalue weighted by Crippen LogP contribution is 2.13. The standard InChI is InChI=1S/C11H9BrF2N4O/c12-7-3-16-11(17-4-7)18-5-8-1-2-9(6-15-8)19-10(13)14/h1-4,6,10H,5H2,(H,16,17,18). The third-order valence-electron chi connectivity index (χ3n) is 2.07. The minimum Gasteiger partial charge on any atom is -0.433 e. The van der Waals surface area contributed by atoms with Gasteiger partial charge in [-0.2, -0.15) is 8.78 Å². The molecule has 100 valence electrons. The summed E-state index contributed by atoms with van der Waals surface area (Å²) in [6.45, 7) is -2.46. The van der Waals surface area contributed by atoms with E-state index >= 15 is 0 Å². The Bertz CT molecular complexity index is 521. The van der Waals surface area contributed by atoms with Gasteiger partial charge >= 0.3 is 6.61 Å². The van der Waals surface area contributed by atoms with E-state index in [9.17, 15) is 8.78 Å². The quantitative estimate of drug-likeness (QED) is 0.913. The Morgan fingerprint density at radius 3 is 2.47 bits per heavy atom. The second-order valence-corrected chi connectivity index (χ2v) is 4.36. The Labute approximate surface area is 116 Å². The van der Waals surface area contributed by atoms with Crippen LogP contribution in [0.3, 0.4) is 0 Å². The van der Waals surface area contributed by atoms with E-state index in [2.05, 4.69) is 40.9 Å². The minimum atomic E-state index is -2.85. The molecule has 8 heteroatoms. The molecule has 0 unspecified atom stereocenters. The molecule has 2 aromatic heterocycles. The van der Waals surface area contributed by atoms with Gasteiger partial charge in [-0.1, -0.05) is 0 Å². The molecule has 0 bridgehead atoms. The van der Waals surface area contributed by atoms with Gasteiger partial charge in [0, 0.05) is 12.4 Å². The van der Waals surface area contributed by atoms with Crippen molar-refractivity contribution in [3.63, 3.8) is 0 Å². The Balaban J connectivity index is 1.91. The summed E-state index contributed by atoms with van der Waals surface area (Å²) < 4.78 is 28.9. The number of rotatable bonds is 5. The van der Waals surface area contributed by atoms with Crippen molar-refractivity contribution in [2.45, 2.75) is 13.2 Å². The molecule has 5 nitrogen and oxygen atoms in total. The first-order valence-corrected chi connectivity index (χ1v) is 6.04. The molecule has 0 saturated carbocycles. The van der Waals surface area contributed by atoms with E-state index in [1.807, 2.05) is 0 Å². The Hall–Kier alpha value is -1.83. The summed E-state index contributed by atoms with van der Waals surface area (Å²) in [7, 11) is 0. The van der Waals surface area contributed by atoms with Crippen molar-refractivity contribution in [3.05, 3.63) is 40.9 Å². The molecule has 2 rings (SSSR count). The molecule has 0 atom stereocenters. The topological polar surface area (TPSA) is 59.9 Å². The predicted octanol–water partition coefficient (Wildman–Crippen LogP) is 2.85. The maximum Gasteiger partial charge on any atom is 0.387 e. The van der Waals surface area contributed by atoms with E-state index in [4.69, 9.17) is 0 Å². The number of pyridine rings is 1. The highest BCUT2D eigenvalue weighted by Gasteiger charge is 2.04. The van der Waals surface area contributed by atoms with Crippen LogP contribution < -0.4 is 10.1 Å². The number of halogens is 3. The van der Waals surface area contributed by atoms with Crippen molar-refractivity contribution < 1.29 is 13.5 Å². The van der Waals surface area contributed by atoms with Crippen LogP contribution in [0.4, 0.5) is 14.7 Å². The van der Waals surface area contributed by atoms with Crippen LogP contribution in [0.15, 0.2) is 35.2 Å². The molecule has 0 amide bonds. The fourth-order valence-corrected chi connectivity index (χ4v) is 1.47. The van der Waals surface area contributed by atoms with Gasteiger partial charge in [-0.05, 0) is 28.1 Å². The van der Waals surface area contributed by atoms with Gasteiger partial charge in [-0.25, -0.2) is 9.97 Å². The van der Waals surface area contributed by atoms with Crippen molar-refractivity contribution in [2.75, 3.05) is 5.32 Å². The number of anilines is 1. The summed E-state index contributed by atoms with van der Waals surface area (Å²) in [5.41, 5.74) is 0.660. The molecule has 0 spiro atoms. The lowest BCUT2D eigenvalue weighted by Gasteiger charge is -2.06. The molecule has 0 radical (unpaired) electrons. The molecule has 0 aliphatic heterocycles. The Morgan fingerprint density at radius 2 is 1.89 bits per heavy atom. The summed E-state index contributed by atoms with van der Waals surface area (Å²) >= 11 is 3.23. The van der Waals surface area contributed by atoms with Crippen LogP contribution in [-0.2, 0) is 6.54 Å². The van der Waals surface area contributed by atoms with Crippen molar-refractivity contribution in [3.8, 4) is 5.75 Å². The fourth-order valence-electron chi connectivity index (χ4n) is 1.26. The average Bonchev–Trinajstić information content (AvgIpc) is 2.39. The Kier molecular flexibility index (Phi) is 4.56. The smallest absolute Gasteiger partial charge is 0.387 e. The third-order valence-corrected chi connectivity index (χ3v) is 2.48. The number of aromatic nitrogens is 3. The van der Waals surface area contributed by atoms with Crippen molar-refractivity contribution >= 4 is 21.9 Å². The summed E-state index contributed by atoms with van der Waals surface area (Å²) in [5, 5.41) is 2.95. The summed E-state index contributed by atoms with van der Waals surface area (Å²) in [6, 6.07) is 3.02. The summed E-state index contributed by atoms with van der Waals surface area (Å²) in [6.07, 6.45) is 4.47. The monoisotopic (exact) mass is 330 g/mol. The van der Waals surface area contributed by atoms with Crippen molar-refractivity contribution in [1.82, 2.24) is 15.0 Å². The highest BCUT2D eigenvalue weighted by molar-refractivity contribution is 9.10. The van der Waals surface area contributed by atoms with Crippen LogP contribution in [0.25, 0.3) is 0 Å². The van der Waals surface area contributed by atoms with E-state index in [0.29, 0.717) is 18.2 Å². The summed E-state index contributed by atoms with van der Waals surface area (Å²) in [4.78, 5) is 12.0. The van der Waals surface area contributed by atoms with Gasteiger partial charge in [-0.15, -0.1) is 0 Å². The summed E-state index contributed by atoms with van der Waals surface area (Å²) in [5.74, 6) is 0.483. The van der Waals surface area contributed by atoms with Crippen LogP contribution in [0.2, 0.25) is 0 Å². The van der Waals surface area contributed by atoms with Crippen LogP contribution >= 0.6 is 15.9 Å². The molecule has 1 N–H and O–H groups in total. The number of alkyl halides is 2. The Morgan fingerprint density at radius 1 is 1.16 bits per heavy atom. The first kappa shape index (κ1) is 13.6. The van der Waals surface area contributed by atoms with E-state index in [-0.39, 0.29) is 5.75 Å². The number of hydrogen-bond acceptors (Lipinski definition) is 5. The van der Waals surface area contributed by atoms with Crippen molar-refractivity contribution in [2.24, 2.45) is 0 Å². The lowest BCUT2D eigenvalue weighted by molar-refractivity contribution is -0.0500. The number of nitrogens with zero attached hydrogens (tertiary/aromatic N) is 3. The molecule has 19 heavy (non-hydrogen) atoms. The van der Waals surface area contributed by atoms with Crippen LogP contribution in [-0.4, -0.2) is 21.6 Å². The zero-order valence-electron chi connectivity index (χ0n) is 9.55. The number of hydrogen-bond donors (Lipinski definition) is 1. The maximum absolute atomic E-state index is 11.9. The second-order valence-electron chi connectivity index (χ2n) is 3.44. The van der Waals surface area contributed by atoms with Gasteiger partial charge in [0.25, 0.3) is 0 Å². The van der Waals surface area contributed by atoms with E-state index in [1.165, 1.54) is 12.3 Å². The van der Waals surface area contributed by atoms with Crippen molar-refractivity contribution in [1.29, 1.82) is 0 Å². The van der Waals surface area contributed by atoms with Gasteiger partial charge in [-0.3, -0.25) is 4.98 Å². The molecule has 2 heterocycles. The molecule has 0 saturated heterocycles. The first-order valence-electron chi connectivity index (χ1n) is 5.24. The first-order chi connectivity index (χ1) is 9.13. The molecule has 0 aromatic carbocycles. The zero-order chi connectivity index (χ0) is 13.7. The molecular formula is C11H9BrF2N4O. The lowest BCUT2D eigenvalue weighted by Crippen LogP contribution is -2.06. The zero-order valence-corrected chi connectivity index (χ0v) is 11.1. The SMILES string of the molecule is FC(F)Oc1ccc(CNc2ncc(Br)cn2)nc1. The van der Waals surface area contributed by atoms with E-state index in [1.54, 1.807) is 18.5 Å². The molecule has 0 aliphatic rings. The van der Waals surface area contributed by atoms with Crippen LogP contribution in [0.5, 0.6) is 5.75 Å².